The average Bonchev–Trinajstić information content (AvgIpc) is 2.40. The normalized spacial score (nSPS) is 11.0. The molecule has 0 aromatic heterocycles. The molecule has 0 fully saturated rings. The molecular weight excluding hydrogens is 358 g/mol. The predicted molar refractivity (Wildman–Crippen MR) is 82.7 cm³/mol. The Kier molecular flexibility index (Phi) is 4.64. The summed E-state index contributed by atoms with van der Waals surface area (Å²) in [5, 5.41) is 2.58. The van der Waals surface area contributed by atoms with Crippen molar-refractivity contribution in [2.75, 3.05) is 5.32 Å². The predicted octanol–water partition coefficient (Wildman–Crippen LogP) is 3.18. The number of hydrogen-bond donors (Lipinski definition) is 1. The summed E-state index contributed by atoms with van der Waals surface area (Å²) in [5.74, 6) is -0.0376. The van der Waals surface area contributed by atoms with Crippen LogP contribution in [0.2, 0.25) is 0 Å². The Morgan fingerprint density at radius 2 is 1.71 bits per heavy atom. The van der Waals surface area contributed by atoms with Crippen LogP contribution in [0.15, 0.2) is 57.9 Å². The third-order valence-corrected chi connectivity index (χ3v) is 4.75. The van der Waals surface area contributed by atoms with Gasteiger partial charge in [0, 0.05) is 17.1 Å². The van der Waals surface area contributed by atoms with Crippen molar-refractivity contribution < 1.29 is 17.4 Å². The second-order valence-corrected chi connectivity index (χ2v) is 6.54. The lowest BCUT2D eigenvalue weighted by molar-refractivity contribution is -0.114. The summed E-state index contributed by atoms with van der Waals surface area (Å²) in [5.41, 5.74) is 0.563. The molecule has 0 aliphatic carbocycles. The number of anilines is 1. The van der Waals surface area contributed by atoms with Gasteiger partial charge in [0.1, 0.15) is 10.6 Å². The van der Waals surface area contributed by atoms with Crippen LogP contribution in [0, 0.1) is 0 Å². The Morgan fingerprint density at radius 1 is 1.10 bits per heavy atom. The van der Waals surface area contributed by atoms with Crippen LogP contribution in [-0.4, -0.2) is 14.3 Å². The lowest BCUT2D eigenvalue weighted by Gasteiger charge is -2.09. The van der Waals surface area contributed by atoms with Crippen molar-refractivity contribution in [1.29, 1.82) is 0 Å². The van der Waals surface area contributed by atoms with E-state index in [1.54, 1.807) is 30.3 Å². The highest BCUT2D eigenvalue weighted by Crippen LogP contribution is 2.25. The Labute approximate surface area is 131 Å². The molecule has 0 aliphatic rings. The van der Waals surface area contributed by atoms with E-state index in [0.29, 0.717) is 10.2 Å². The summed E-state index contributed by atoms with van der Waals surface area (Å²) in [4.78, 5) is 11.0. The highest BCUT2D eigenvalue weighted by Gasteiger charge is 2.19. The fourth-order valence-electron chi connectivity index (χ4n) is 1.62. The number of amides is 1. The molecule has 1 N–H and O–H groups in total. The van der Waals surface area contributed by atoms with Crippen molar-refractivity contribution in [3.63, 3.8) is 0 Å². The van der Waals surface area contributed by atoms with Gasteiger partial charge in [0.25, 0.3) is 0 Å². The molecule has 7 heteroatoms. The second-order valence-electron chi connectivity index (χ2n) is 4.17. The summed E-state index contributed by atoms with van der Waals surface area (Å²) >= 11 is 3.18. The van der Waals surface area contributed by atoms with Crippen molar-refractivity contribution in [2.24, 2.45) is 0 Å². The first kappa shape index (κ1) is 15.5. The van der Waals surface area contributed by atoms with Crippen LogP contribution in [-0.2, 0) is 14.9 Å². The first-order chi connectivity index (χ1) is 9.88. The van der Waals surface area contributed by atoms with E-state index in [-0.39, 0.29) is 16.6 Å². The molecule has 0 heterocycles. The van der Waals surface area contributed by atoms with E-state index in [2.05, 4.69) is 21.2 Å². The van der Waals surface area contributed by atoms with Gasteiger partial charge in [-0.15, -0.1) is 0 Å². The van der Waals surface area contributed by atoms with Gasteiger partial charge in [-0.25, -0.2) is 0 Å². The van der Waals surface area contributed by atoms with Crippen LogP contribution in [0.4, 0.5) is 5.69 Å². The monoisotopic (exact) mass is 369 g/mol. The molecule has 0 bridgehead atoms. The Bertz CT molecular complexity index is 757. The maximum absolute atomic E-state index is 12.2. The van der Waals surface area contributed by atoms with Crippen LogP contribution in [0.1, 0.15) is 6.92 Å². The minimum absolute atomic E-state index is 0.0518. The van der Waals surface area contributed by atoms with Gasteiger partial charge in [-0.3, -0.25) is 4.79 Å². The van der Waals surface area contributed by atoms with Gasteiger partial charge in [-0.1, -0.05) is 12.1 Å². The van der Waals surface area contributed by atoms with E-state index in [0.717, 1.165) is 0 Å². The largest absolute Gasteiger partial charge is 0.379 e. The van der Waals surface area contributed by atoms with Crippen molar-refractivity contribution in [3.05, 3.63) is 53.0 Å². The molecule has 5 nitrogen and oxygen atoms in total. The third-order valence-electron chi connectivity index (χ3n) is 2.49. The summed E-state index contributed by atoms with van der Waals surface area (Å²) in [6, 6.07) is 12.5. The molecule has 2 aromatic carbocycles. The first-order valence-corrected chi connectivity index (χ1v) is 8.15. The van der Waals surface area contributed by atoms with Crippen LogP contribution < -0.4 is 9.50 Å². The molecule has 0 unspecified atom stereocenters. The summed E-state index contributed by atoms with van der Waals surface area (Å²) in [6.45, 7) is 1.39. The minimum atomic E-state index is -3.91. The van der Waals surface area contributed by atoms with Crippen molar-refractivity contribution in [1.82, 2.24) is 0 Å². The number of hydrogen-bond acceptors (Lipinski definition) is 4. The SMILES string of the molecule is CC(=O)Nc1ccc(OS(=O)(=O)c2ccccc2Br)cc1. The first-order valence-electron chi connectivity index (χ1n) is 5.95. The zero-order valence-corrected chi connectivity index (χ0v) is 13.4. The van der Waals surface area contributed by atoms with Gasteiger partial charge < -0.3 is 9.50 Å². The molecule has 0 saturated carbocycles. The van der Waals surface area contributed by atoms with Gasteiger partial charge >= 0.3 is 10.1 Å². The molecule has 2 aromatic rings. The summed E-state index contributed by atoms with van der Waals surface area (Å²) in [7, 11) is -3.91. The second kappa shape index (κ2) is 6.28. The van der Waals surface area contributed by atoms with Gasteiger partial charge in [0.05, 0.1) is 0 Å². The lowest BCUT2D eigenvalue weighted by Crippen LogP contribution is -2.10. The van der Waals surface area contributed by atoms with E-state index in [4.69, 9.17) is 4.18 Å². The molecule has 0 saturated heterocycles. The maximum atomic E-state index is 12.2. The Balaban J connectivity index is 2.21. The van der Waals surface area contributed by atoms with Gasteiger partial charge in [0.2, 0.25) is 5.91 Å². The van der Waals surface area contributed by atoms with E-state index >= 15 is 0 Å². The topological polar surface area (TPSA) is 72.5 Å². The Morgan fingerprint density at radius 3 is 2.29 bits per heavy atom. The average molecular weight is 370 g/mol. The molecule has 1 amide bonds. The number of benzene rings is 2. The maximum Gasteiger partial charge on any atom is 0.340 e. The fraction of sp³-hybridized carbons (Fsp3) is 0.0714. The zero-order chi connectivity index (χ0) is 15.5. The minimum Gasteiger partial charge on any atom is -0.379 e. The third kappa shape index (κ3) is 4.05. The molecule has 0 atom stereocenters. The Hall–Kier alpha value is -1.86. The number of halogens is 1. The number of carbonyl (C=O) groups is 1. The fourth-order valence-corrected chi connectivity index (χ4v) is 3.50. The number of carbonyl (C=O) groups excluding carboxylic acids is 1. The van der Waals surface area contributed by atoms with Gasteiger partial charge in [-0.2, -0.15) is 8.42 Å². The van der Waals surface area contributed by atoms with E-state index in [1.807, 2.05) is 0 Å². The molecular formula is C14H12BrNO4S. The molecule has 110 valence electrons. The number of rotatable bonds is 4. The van der Waals surface area contributed by atoms with Crippen LogP contribution >= 0.6 is 15.9 Å². The van der Waals surface area contributed by atoms with Gasteiger partial charge in [0.15, 0.2) is 0 Å². The standard InChI is InChI=1S/C14H12BrNO4S/c1-10(17)16-11-6-8-12(9-7-11)20-21(18,19)14-5-3-2-4-13(14)15/h2-9H,1H3,(H,16,17). The van der Waals surface area contributed by atoms with Crippen LogP contribution in [0.3, 0.4) is 0 Å². The molecule has 0 spiro atoms. The molecule has 0 aliphatic heterocycles. The van der Waals surface area contributed by atoms with Crippen LogP contribution in [0.25, 0.3) is 0 Å². The molecule has 2 rings (SSSR count). The van der Waals surface area contributed by atoms with Crippen LogP contribution in [0.5, 0.6) is 5.75 Å². The molecule has 21 heavy (non-hydrogen) atoms. The van der Waals surface area contributed by atoms with Crippen molar-refractivity contribution in [2.45, 2.75) is 11.8 Å². The number of nitrogens with one attached hydrogen (secondary N) is 1. The van der Waals surface area contributed by atoms with Gasteiger partial charge in [-0.05, 0) is 52.3 Å². The highest BCUT2D eigenvalue weighted by molar-refractivity contribution is 9.10. The van der Waals surface area contributed by atoms with E-state index < -0.39 is 10.1 Å². The summed E-state index contributed by atoms with van der Waals surface area (Å²) < 4.78 is 29.8. The summed E-state index contributed by atoms with van der Waals surface area (Å²) in [6.07, 6.45) is 0. The van der Waals surface area contributed by atoms with Crippen molar-refractivity contribution in [3.8, 4) is 5.75 Å². The zero-order valence-electron chi connectivity index (χ0n) is 11.0. The molecule has 0 radical (unpaired) electrons. The van der Waals surface area contributed by atoms with E-state index in [9.17, 15) is 13.2 Å². The van der Waals surface area contributed by atoms with Crippen molar-refractivity contribution >= 4 is 37.6 Å². The highest BCUT2D eigenvalue weighted by atomic mass is 79.9. The smallest absolute Gasteiger partial charge is 0.340 e. The lowest BCUT2D eigenvalue weighted by atomic mass is 10.3. The van der Waals surface area contributed by atoms with E-state index in [1.165, 1.54) is 25.1 Å². The quantitative estimate of drug-likeness (QED) is 0.840.